The molecule has 0 spiro atoms. The van der Waals surface area contributed by atoms with Crippen LogP contribution in [0.2, 0.25) is 0 Å². The normalized spacial score (nSPS) is 15.0. The summed E-state index contributed by atoms with van der Waals surface area (Å²) in [5.41, 5.74) is 2.61. The first-order valence-electron chi connectivity index (χ1n) is 8.78. The molecule has 0 aromatic heterocycles. The van der Waals surface area contributed by atoms with Crippen molar-refractivity contribution in [2.75, 3.05) is 11.9 Å². The van der Waals surface area contributed by atoms with Gasteiger partial charge in [0.1, 0.15) is 11.4 Å². The molecule has 1 saturated carbocycles. The van der Waals surface area contributed by atoms with Gasteiger partial charge in [0.05, 0.1) is 11.5 Å². The maximum Gasteiger partial charge on any atom is 0.293 e. The van der Waals surface area contributed by atoms with Crippen molar-refractivity contribution in [1.29, 1.82) is 0 Å². The zero-order valence-electron chi connectivity index (χ0n) is 14.5. The van der Waals surface area contributed by atoms with Crippen molar-refractivity contribution in [3.05, 3.63) is 61.6 Å². The molecule has 2 N–H and O–H groups in total. The monoisotopic (exact) mass is 431 g/mol. The molecule has 0 saturated heterocycles. The van der Waals surface area contributed by atoms with E-state index in [1.807, 2.05) is 12.1 Å². The predicted octanol–water partition coefficient (Wildman–Crippen LogP) is 3.80. The number of carbonyl (C=O) groups excluding carboxylic acids is 1. The number of amides is 1. The van der Waals surface area contributed by atoms with Crippen LogP contribution in [0, 0.1) is 10.1 Å². The fraction of sp³-hybridized carbons (Fsp3) is 0.316. The van der Waals surface area contributed by atoms with Crippen LogP contribution in [0.4, 0.5) is 11.4 Å². The first kappa shape index (κ1) is 17.8. The number of anilines is 1. The third-order valence-electron chi connectivity index (χ3n) is 4.66. The molecule has 2 aromatic rings. The molecule has 1 fully saturated rings. The summed E-state index contributed by atoms with van der Waals surface area (Å²) in [6.07, 6.45) is 2.78. The molecule has 27 heavy (non-hydrogen) atoms. The first-order valence-corrected chi connectivity index (χ1v) is 9.58. The van der Waals surface area contributed by atoms with E-state index in [1.165, 1.54) is 6.07 Å². The van der Waals surface area contributed by atoms with Crippen molar-refractivity contribution in [1.82, 2.24) is 5.32 Å². The molecule has 140 valence electrons. The predicted molar refractivity (Wildman–Crippen MR) is 104 cm³/mol. The van der Waals surface area contributed by atoms with Gasteiger partial charge in [-0.05, 0) is 42.7 Å². The summed E-state index contributed by atoms with van der Waals surface area (Å²) in [5.74, 6) is 0.569. The number of hydrogen-bond acceptors (Lipinski definition) is 5. The molecule has 1 amide bonds. The molecule has 0 radical (unpaired) electrons. The van der Waals surface area contributed by atoms with E-state index >= 15 is 0 Å². The van der Waals surface area contributed by atoms with Gasteiger partial charge in [0.25, 0.3) is 11.6 Å². The van der Waals surface area contributed by atoms with E-state index in [0.717, 1.165) is 40.6 Å². The molecular weight excluding hydrogens is 414 g/mol. The third-order valence-corrected chi connectivity index (χ3v) is 5.12. The molecule has 0 bridgehead atoms. The van der Waals surface area contributed by atoms with Crippen LogP contribution < -0.4 is 15.4 Å². The molecule has 0 atom stereocenters. The second-order valence-corrected chi connectivity index (χ2v) is 7.66. The van der Waals surface area contributed by atoms with Gasteiger partial charge in [-0.1, -0.05) is 15.9 Å². The van der Waals surface area contributed by atoms with E-state index < -0.39 is 4.92 Å². The van der Waals surface area contributed by atoms with Crippen LogP contribution >= 0.6 is 15.9 Å². The van der Waals surface area contributed by atoms with Gasteiger partial charge >= 0.3 is 0 Å². The standard InChI is InChI=1S/C19H18BrN3O4/c20-14-7-11-5-6-27-18(11)13(8-14)10-21-16-4-1-12(9-17(16)23(25)26)19(24)22-15-2-3-15/h1,4,7-9,15,21H,2-3,5-6,10H2,(H,22,24). The molecule has 4 rings (SSSR count). The Morgan fingerprint density at radius 3 is 2.85 bits per heavy atom. The van der Waals surface area contributed by atoms with Gasteiger partial charge in [0, 0.05) is 40.7 Å². The highest BCUT2D eigenvalue weighted by molar-refractivity contribution is 9.10. The van der Waals surface area contributed by atoms with Crippen LogP contribution in [0.25, 0.3) is 0 Å². The molecule has 2 aliphatic rings. The average molecular weight is 432 g/mol. The zero-order chi connectivity index (χ0) is 19.0. The lowest BCUT2D eigenvalue weighted by Gasteiger charge is -2.12. The summed E-state index contributed by atoms with van der Waals surface area (Å²) in [7, 11) is 0. The molecule has 8 heteroatoms. The number of ether oxygens (including phenoxy) is 1. The van der Waals surface area contributed by atoms with Gasteiger partial charge in [-0.15, -0.1) is 0 Å². The van der Waals surface area contributed by atoms with Gasteiger partial charge < -0.3 is 15.4 Å². The third kappa shape index (κ3) is 3.90. The van der Waals surface area contributed by atoms with Crippen LogP contribution in [0.1, 0.15) is 34.3 Å². The summed E-state index contributed by atoms with van der Waals surface area (Å²) < 4.78 is 6.65. The summed E-state index contributed by atoms with van der Waals surface area (Å²) >= 11 is 3.49. The second-order valence-electron chi connectivity index (χ2n) is 6.74. The molecule has 1 aliphatic carbocycles. The van der Waals surface area contributed by atoms with Crippen molar-refractivity contribution < 1.29 is 14.5 Å². The number of halogens is 1. The van der Waals surface area contributed by atoms with Crippen LogP contribution in [0.15, 0.2) is 34.8 Å². The fourth-order valence-corrected chi connectivity index (χ4v) is 3.69. The van der Waals surface area contributed by atoms with Crippen molar-refractivity contribution >= 4 is 33.2 Å². The minimum atomic E-state index is -0.474. The van der Waals surface area contributed by atoms with Crippen LogP contribution in [0.5, 0.6) is 5.75 Å². The molecule has 0 unspecified atom stereocenters. The number of nitrogens with one attached hydrogen (secondary N) is 2. The van der Waals surface area contributed by atoms with Crippen molar-refractivity contribution in [2.45, 2.75) is 31.8 Å². The summed E-state index contributed by atoms with van der Waals surface area (Å²) in [6, 6.07) is 8.69. The summed E-state index contributed by atoms with van der Waals surface area (Å²) in [4.78, 5) is 23.2. The molecular formula is C19H18BrN3O4. The number of carbonyl (C=O) groups is 1. The van der Waals surface area contributed by atoms with E-state index in [9.17, 15) is 14.9 Å². The maximum absolute atomic E-state index is 12.2. The highest BCUT2D eigenvalue weighted by Crippen LogP contribution is 2.34. The summed E-state index contributed by atoms with van der Waals surface area (Å²) in [6.45, 7) is 1.03. The zero-order valence-corrected chi connectivity index (χ0v) is 16.0. The highest BCUT2D eigenvalue weighted by atomic mass is 79.9. The topological polar surface area (TPSA) is 93.5 Å². The van der Waals surface area contributed by atoms with Gasteiger partial charge in [-0.2, -0.15) is 0 Å². The minimum absolute atomic E-state index is 0.119. The van der Waals surface area contributed by atoms with Gasteiger partial charge in [-0.25, -0.2) is 0 Å². The van der Waals surface area contributed by atoms with Crippen LogP contribution in [-0.2, 0) is 13.0 Å². The average Bonchev–Trinajstić information content (AvgIpc) is 3.33. The smallest absolute Gasteiger partial charge is 0.293 e. The second kappa shape index (κ2) is 7.19. The largest absolute Gasteiger partial charge is 0.493 e. The fourth-order valence-electron chi connectivity index (χ4n) is 3.14. The van der Waals surface area contributed by atoms with E-state index in [2.05, 4.69) is 26.6 Å². The van der Waals surface area contributed by atoms with E-state index in [-0.39, 0.29) is 17.6 Å². The Hall–Kier alpha value is -2.61. The number of rotatable bonds is 6. The number of benzene rings is 2. The van der Waals surface area contributed by atoms with E-state index in [4.69, 9.17) is 4.74 Å². The Balaban J connectivity index is 1.55. The van der Waals surface area contributed by atoms with Crippen molar-refractivity contribution in [3.63, 3.8) is 0 Å². The maximum atomic E-state index is 12.2. The Morgan fingerprint density at radius 1 is 1.30 bits per heavy atom. The Labute approximate surface area is 164 Å². The van der Waals surface area contributed by atoms with Crippen molar-refractivity contribution in [2.24, 2.45) is 0 Å². The van der Waals surface area contributed by atoms with Gasteiger partial charge in [-0.3, -0.25) is 14.9 Å². The number of nitro groups is 1. The Kier molecular flexibility index (Phi) is 4.73. The van der Waals surface area contributed by atoms with Gasteiger partial charge in [0.15, 0.2) is 0 Å². The van der Waals surface area contributed by atoms with Crippen molar-refractivity contribution in [3.8, 4) is 5.75 Å². The number of nitro benzene ring substituents is 1. The lowest BCUT2D eigenvalue weighted by molar-refractivity contribution is -0.384. The molecule has 1 aliphatic heterocycles. The highest BCUT2D eigenvalue weighted by Gasteiger charge is 2.25. The van der Waals surface area contributed by atoms with Gasteiger partial charge in [0.2, 0.25) is 0 Å². The van der Waals surface area contributed by atoms with Crippen LogP contribution in [0.3, 0.4) is 0 Å². The number of hydrogen-bond donors (Lipinski definition) is 2. The quantitative estimate of drug-likeness (QED) is 0.535. The number of nitrogens with zero attached hydrogens (tertiary/aromatic N) is 1. The molecule has 7 nitrogen and oxygen atoms in total. The first-order chi connectivity index (χ1) is 13.0. The summed E-state index contributed by atoms with van der Waals surface area (Å²) in [5, 5.41) is 17.4. The van der Waals surface area contributed by atoms with E-state index in [0.29, 0.717) is 24.4 Å². The SMILES string of the molecule is O=C(NC1CC1)c1ccc(NCc2cc(Br)cc3c2OCC3)c([N+](=O)[O-])c1. The number of fused-ring (bicyclic) bond motifs is 1. The minimum Gasteiger partial charge on any atom is -0.493 e. The van der Waals surface area contributed by atoms with E-state index in [1.54, 1.807) is 12.1 Å². The molecule has 1 heterocycles. The lowest BCUT2D eigenvalue weighted by atomic mass is 10.1. The van der Waals surface area contributed by atoms with Crippen LogP contribution in [-0.4, -0.2) is 23.5 Å². The lowest BCUT2D eigenvalue weighted by Crippen LogP contribution is -2.25. The molecule has 2 aromatic carbocycles. The Morgan fingerprint density at radius 2 is 2.11 bits per heavy atom. The Bertz CT molecular complexity index is 927.